The number of benzene rings is 1. The van der Waals surface area contributed by atoms with Crippen LogP contribution in [0.4, 0.5) is 5.95 Å². The molecule has 0 aliphatic carbocycles. The summed E-state index contributed by atoms with van der Waals surface area (Å²) in [5.41, 5.74) is 8.79. The van der Waals surface area contributed by atoms with Crippen molar-refractivity contribution in [2.45, 2.75) is 13.5 Å². The molecule has 0 aliphatic heterocycles. The summed E-state index contributed by atoms with van der Waals surface area (Å²) >= 11 is 3.51. The summed E-state index contributed by atoms with van der Waals surface area (Å²) in [4.78, 5) is 8.24. The first-order valence-corrected chi connectivity index (χ1v) is 6.85. The van der Waals surface area contributed by atoms with Gasteiger partial charge in [0, 0.05) is 39.9 Å². The quantitative estimate of drug-likeness (QED) is 0.787. The molecule has 0 spiro atoms. The van der Waals surface area contributed by atoms with E-state index in [9.17, 15) is 0 Å². The Balaban J connectivity index is 2.30. The fourth-order valence-electron chi connectivity index (χ4n) is 2.25. The Labute approximate surface area is 119 Å². The van der Waals surface area contributed by atoms with Crippen LogP contribution in [-0.4, -0.2) is 14.5 Å². The second kappa shape index (κ2) is 4.66. The molecule has 0 bridgehead atoms. The molecule has 0 unspecified atom stereocenters. The minimum atomic E-state index is 0.298. The van der Waals surface area contributed by atoms with Gasteiger partial charge in [0.1, 0.15) is 0 Å². The molecule has 2 heterocycles. The van der Waals surface area contributed by atoms with Gasteiger partial charge in [-0.2, -0.15) is 0 Å². The Bertz CT molecular complexity index is 748. The third kappa shape index (κ3) is 2.10. The predicted octanol–water partition coefficient (Wildman–Crippen LogP) is 3.46. The van der Waals surface area contributed by atoms with Crippen LogP contribution in [0.2, 0.25) is 0 Å². The molecule has 96 valence electrons. The Hall–Kier alpha value is -1.88. The van der Waals surface area contributed by atoms with Crippen molar-refractivity contribution in [1.29, 1.82) is 0 Å². The highest BCUT2D eigenvalue weighted by Gasteiger charge is 2.11. The van der Waals surface area contributed by atoms with Gasteiger partial charge in [-0.25, -0.2) is 9.97 Å². The predicted molar refractivity (Wildman–Crippen MR) is 80.8 cm³/mol. The molecule has 2 aromatic heterocycles. The SMILES string of the molecule is CCn1cc(-c2ccnc(N)n2)c2ccc(Br)cc21. The van der Waals surface area contributed by atoms with Gasteiger partial charge in [0.05, 0.1) is 5.69 Å². The van der Waals surface area contributed by atoms with E-state index >= 15 is 0 Å². The van der Waals surface area contributed by atoms with Crippen LogP contribution < -0.4 is 5.73 Å². The first-order chi connectivity index (χ1) is 9.19. The summed E-state index contributed by atoms with van der Waals surface area (Å²) in [5.74, 6) is 0.298. The van der Waals surface area contributed by atoms with Gasteiger partial charge in [0.2, 0.25) is 5.95 Å². The highest BCUT2D eigenvalue weighted by molar-refractivity contribution is 9.10. The molecule has 0 radical (unpaired) electrons. The summed E-state index contributed by atoms with van der Waals surface area (Å²) in [6.07, 6.45) is 3.80. The second-order valence-corrected chi connectivity index (χ2v) is 5.21. The van der Waals surface area contributed by atoms with E-state index in [4.69, 9.17) is 5.73 Å². The van der Waals surface area contributed by atoms with Crippen molar-refractivity contribution in [3.05, 3.63) is 41.1 Å². The molecule has 3 aromatic rings. The minimum absolute atomic E-state index is 0.298. The van der Waals surface area contributed by atoms with Crippen LogP contribution in [0, 0.1) is 0 Å². The number of fused-ring (bicyclic) bond motifs is 1. The zero-order chi connectivity index (χ0) is 13.4. The van der Waals surface area contributed by atoms with Crippen molar-refractivity contribution in [1.82, 2.24) is 14.5 Å². The van der Waals surface area contributed by atoms with Crippen molar-refractivity contribution >= 4 is 32.8 Å². The lowest BCUT2D eigenvalue weighted by atomic mass is 10.1. The topological polar surface area (TPSA) is 56.7 Å². The van der Waals surface area contributed by atoms with Gasteiger partial charge in [0.25, 0.3) is 0 Å². The third-order valence-electron chi connectivity index (χ3n) is 3.14. The molecule has 3 rings (SSSR count). The number of aryl methyl sites for hydroxylation is 1. The largest absolute Gasteiger partial charge is 0.368 e. The highest BCUT2D eigenvalue weighted by Crippen LogP contribution is 2.31. The van der Waals surface area contributed by atoms with E-state index in [1.165, 1.54) is 10.9 Å². The number of hydrogen-bond acceptors (Lipinski definition) is 3. The van der Waals surface area contributed by atoms with E-state index in [0.717, 1.165) is 22.3 Å². The third-order valence-corrected chi connectivity index (χ3v) is 3.63. The average molecular weight is 317 g/mol. The van der Waals surface area contributed by atoms with E-state index in [-0.39, 0.29) is 0 Å². The standard InChI is InChI=1S/C14H13BrN4/c1-2-19-8-11(12-5-6-17-14(16)18-12)10-4-3-9(15)7-13(10)19/h3-8H,2H2,1H3,(H2,16,17,18). The molecule has 5 heteroatoms. The van der Waals surface area contributed by atoms with Crippen molar-refractivity contribution in [2.75, 3.05) is 5.73 Å². The summed E-state index contributed by atoms with van der Waals surface area (Å²) in [6, 6.07) is 8.13. The number of anilines is 1. The van der Waals surface area contributed by atoms with Gasteiger partial charge in [-0.1, -0.05) is 22.0 Å². The van der Waals surface area contributed by atoms with Gasteiger partial charge in [-0.15, -0.1) is 0 Å². The zero-order valence-corrected chi connectivity index (χ0v) is 12.1. The molecule has 0 fully saturated rings. The van der Waals surface area contributed by atoms with Crippen LogP contribution in [0.15, 0.2) is 41.1 Å². The van der Waals surface area contributed by atoms with Gasteiger partial charge < -0.3 is 10.3 Å². The van der Waals surface area contributed by atoms with E-state index in [2.05, 4.69) is 55.7 Å². The molecule has 2 N–H and O–H groups in total. The first kappa shape index (κ1) is 12.2. The minimum Gasteiger partial charge on any atom is -0.368 e. The average Bonchev–Trinajstić information content (AvgIpc) is 2.76. The first-order valence-electron chi connectivity index (χ1n) is 6.06. The molecule has 0 saturated carbocycles. The molecule has 0 amide bonds. The fourth-order valence-corrected chi connectivity index (χ4v) is 2.60. The van der Waals surface area contributed by atoms with Crippen LogP contribution >= 0.6 is 15.9 Å². The lowest BCUT2D eigenvalue weighted by Crippen LogP contribution is -1.94. The van der Waals surface area contributed by atoms with Gasteiger partial charge >= 0.3 is 0 Å². The molecular weight excluding hydrogens is 304 g/mol. The molecule has 1 aromatic carbocycles. The molecule has 0 saturated heterocycles. The van der Waals surface area contributed by atoms with Crippen LogP contribution in [0.25, 0.3) is 22.2 Å². The number of nitrogen functional groups attached to an aromatic ring is 1. The van der Waals surface area contributed by atoms with Crippen LogP contribution in [0.3, 0.4) is 0 Å². The van der Waals surface area contributed by atoms with Crippen LogP contribution in [-0.2, 0) is 6.54 Å². The number of halogens is 1. The maximum Gasteiger partial charge on any atom is 0.220 e. The summed E-state index contributed by atoms with van der Waals surface area (Å²) in [6.45, 7) is 3.03. The van der Waals surface area contributed by atoms with Gasteiger partial charge in [0.15, 0.2) is 0 Å². The number of hydrogen-bond donors (Lipinski definition) is 1. The van der Waals surface area contributed by atoms with Crippen molar-refractivity contribution in [3.63, 3.8) is 0 Å². The van der Waals surface area contributed by atoms with E-state index < -0.39 is 0 Å². The zero-order valence-electron chi connectivity index (χ0n) is 10.5. The summed E-state index contributed by atoms with van der Waals surface area (Å²) in [7, 11) is 0. The molecule has 0 aliphatic rings. The van der Waals surface area contributed by atoms with E-state index in [1.54, 1.807) is 6.20 Å². The van der Waals surface area contributed by atoms with Gasteiger partial charge in [-0.3, -0.25) is 0 Å². The number of nitrogens with two attached hydrogens (primary N) is 1. The lowest BCUT2D eigenvalue weighted by molar-refractivity contribution is 0.798. The van der Waals surface area contributed by atoms with Crippen LogP contribution in [0.1, 0.15) is 6.92 Å². The van der Waals surface area contributed by atoms with Gasteiger partial charge in [-0.05, 0) is 25.1 Å². The van der Waals surface area contributed by atoms with Crippen molar-refractivity contribution < 1.29 is 0 Å². The Morgan fingerprint density at radius 3 is 2.89 bits per heavy atom. The van der Waals surface area contributed by atoms with E-state index in [1.807, 2.05) is 12.1 Å². The monoisotopic (exact) mass is 316 g/mol. The van der Waals surface area contributed by atoms with Crippen molar-refractivity contribution in [3.8, 4) is 11.3 Å². The number of aromatic nitrogens is 3. The highest BCUT2D eigenvalue weighted by atomic mass is 79.9. The number of rotatable bonds is 2. The Morgan fingerprint density at radius 1 is 1.32 bits per heavy atom. The lowest BCUT2D eigenvalue weighted by Gasteiger charge is -2.00. The maximum absolute atomic E-state index is 5.67. The molecular formula is C14H13BrN4. The fraction of sp³-hybridized carbons (Fsp3) is 0.143. The molecule has 0 atom stereocenters. The Morgan fingerprint density at radius 2 is 2.16 bits per heavy atom. The molecule has 4 nitrogen and oxygen atoms in total. The van der Waals surface area contributed by atoms with Crippen molar-refractivity contribution in [2.24, 2.45) is 0 Å². The molecule has 19 heavy (non-hydrogen) atoms. The van der Waals surface area contributed by atoms with E-state index in [0.29, 0.717) is 5.95 Å². The second-order valence-electron chi connectivity index (χ2n) is 4.29. The van der Waals surface area contributed by atoms with Crippen LogP contribution in [0.5, 0.6) is 0 Å². The Kier molecular flexibility index (Phi) is 2.98. The normalized spacial score (nSPS) is 11.1. The maximum atomic E-state index is 5.67. The summed E-state index contributed by atoms with van der Waals surface area (Å²) in [5, 5.41) is 1.17. The smallest absolute Gasteiger partial charge is 0.220 e. The number of nitrogens with zero attached hydrogens (tertiary/aromatic N) is 3. The summed E-state index contributed by atoms with van der Waals surface area (Å²) < 4.78 is 3.27.